The van der Waals surface area contributed by atoms with Gasteiger partial charge in [-0.1, -0.05) is 12.8 Å². The van der Waals surface area contributed by atoms with Gasteiger partial charge in [0.15, 0.2) is 0 Å². The number of aromatic nitrogens is 2. The third-order valence-electron chi connectivity index (χ3n) is 4.30. The van der Waals surface area contributed by atoms with Gasteiger partial charge >= 0.3 is 5.97 Å². The highest BCUT2D eigenvalue weighted by Gasteiger charge is 2.35. The molecular weight excluding hydrogens is 268 g/mol. The Bertz CT molecular complexity index is 510. The van der Waals surface area contributed by atoms with Gasteiger partial charge in [-0.3, -0.25) is 0 Å². The van der Waals surface area contributed by atoms with Crippen molar-refractivity contribution < 1.29 is 9.53 Å². The Hall–Kier alpha value is -1.69. The SMILES string of the molecule is COC(=O)c1nc(C)cc(NCC2(N(C)C)CCCC2)n1. The lowest BCUT2D eigenvalue weighted by Crippen LogP contribution is -2.47. The molecule has 0 atom stereocenters. The molecule has 0 bridgehead atoms. The molecule has 2 rings (SSSR count). The molecule has 0 amide bonds. The molecule has 0 saturated heterocycles. The lowest BCUT2D eigenvalue weighted by molar-refractivity contribution is 0.0586. The van der Waals surface area contributed by atoms with Crippen molar-refractivity contribution in [3.8, 4) is 0 Å². The van der Waals surface area contributed by atoms with Gasteiger partial charge < -0.3 is 15.0 Å². The lowest BCUT2D eigenvalue weighted by Gasteiger charge is -2.36. The van der Waals surface area contributed by atoms with Gasteiger partial charge in [-0.25, -0.2) is 14.8 Å². The van der Waals surface area contributed by atoms with E-state index < -0.39 is 5.97 Å². The second kappa shape index (κ2) is 6.39. The van der Waals surface area contributed by atoms with Crippen LogP contribution in [-0.4, -0.2) is 54.1 Å². The summed E-state index contributed by atoms with van der Waals surface area (Å²) >= 11 is 0. The van der Waals surface area contributed by atoms with Gasteiger partial charge in [-0.2, -0.15) is 0 Å². The molecule has 6 nitrogen and oxygen atoms in total. The smallest absolute Gasteiger partial charge is 0.376 e. The summed E-state index contributed by atoms with van der Waals surface area (Å²) in [5.74, 6) is 0.270. The van der Waals surface area contributed by atoms with Crippen molar-refractivity contribution in [2.24, 2.45) is 0 Å². The van der Waals surface area contributed by atoms with Crippen molar-refractivity contribution in [2.75, 3.05) is 33.1 Å². The third-order valence-corrected chi connectivity index (χ3v) is 4.30. The van der Waals surface area contributed by atoms with Crippen LogP contribution in [0.4, 0.5) is 5.82 Å². The molecule has 6 heteroatoms. The van der Waals surface area contributed by atoms with Crippen LogP contribution in [0, 0.1) is 6.92 Å². The van der Waals surface area contributed by atoms with Gasteiger partial charge in [0.25, 0.3) is 0 Å². The topological polar surface area (TPSA) is 67.3 Å². The fourth-order valence-electron chi connectivity index (χ4n) is 2.91. The number of esters is 1. The molecule has 0 aromatic carbocycles. The Morgan fingerprint density at radius 3 is 2.62 bits per heavy atom. The predicted octanol–water partition coefficient (Wildman–Crippen LogP) is 1.86. The molecular formula is C15H24N4O2. The molecule has 116 valence electrons. The van der Waals surface area contributed by atoms with E-state index in [0.717, 1.165) is 12.2 Å². The first kappa shape index (κ1) is 15.7. The fourth-order valence-corrected chi connectivity index (χ4v) is 2.91. The molecule has 1 aliphatic carbocycles. The van der Waals surface area contributed by atoms with Gasteiger partial charge in [0.05, 0.1) is 7.11 Å². The largest absolute Gasteiger partial charge is 0.463 e. The molecule has 1 fully saturated rings. The number of hydrogen-bond donors (Lipinski definition) is 1. The first-order valence-electron chi connectivity index (χ1n) is 7.32. The maximum atomic E-state index is 11.6. The number of hydrogen-bond acceptors (Lipinski definition) is 6. The van der Waals surface area contributed by atoms with Crippen LogP contribution in [0.1, 0.15) is 42.0 Å². The van der Waals surface area contributed by atoms with Crippen LogP contribution < -0.4 is 5.32 Å². The van der Waals surface area contributed by atoms with Crippen molar-refractivity contribution in [2.45, 2.75) is 38.1 Å². The highest BCUT2D eigenvalue weighted by molar-refractivity contribution is 5.85. The van der Waals surface area contributed by atoms with Crippen molar-refractivity contribution >= 4 is 11.8 Å². The van der Waals surface area contributed by atoms with Crippen LogP contribution in [0.15, 0.2) is 6.07 Å². The number of carbonyl (C=O) groups excluding carboxylic acids is 1. The fraction of sp³-hybridized carbons (Fsp3) is 0.667. The predicted molar refractivity (Wildman–Crippen MR) is 81.5 cm³/mol. The molecule has 1 aliphatic rings. The van der Waals surface area contributed by atoms with Crippen LogP contribution in [-0.2, 0) is 4.74 Å². The molecule has 0 spiro atoms. The Kier molecular flexibility index (Phi) is 4.77. The highest BCUT2D eigenvalue weighted by atomic mass is 16.5. The monoisotopic (exact) mass is 292 g/mol. The van der Waals surface area contributed by atoms with Gasteiger partial charge in [0, 0.05) is 23.8 Å². The number of likely N-dealkylation sites (N-methyl/N-ethyl adjacent to an activating group) is 1. The van der Waals surface area contributed by atoms with Gasteiger partial charge in [-0.05, 0) is 33.9 Å². The zero-order valence-corrected chi connectivity index (χ0v) is 13.3. The van der Waals surface area contributed by atoms with E-state index in [1.54, 1.807) is 0 Å². The molecule has 1 aromatic rings. The number of methoxy groups -OCH3 is 1. The summed E-state index contributed by atoms with van der Waals surface area (Å²) in [6.07, 6.45) is 4.88. The van der Waals surface area contributed by atoms with Crippen molar-refractivity contribution in [1.29, 1.82) is 0 Å². The first-order valence-corrected chi connectivity index (χ1v) is 7.32. The summed E-state index contributed by atoms with van der Waals surface area (Å²) in [5.41, 5.74) is 0.919. The first-order chi connectivity index (χ1) is 9.97. The number of ether oxygens (including phenoxy) is 1. The summed E-state index contributed by atoms with van der Waals surface area (Å²) in [5, 5.41) is 3.37. The summed E-state index contributed by atoms with van der Waals surface area (Å²) in [6, 6.07) is 1.85. The Balaban J connectivity index is 2.12. The van der Waals surface area contributed by atoms with E-state index >= 15 is 0 Å². The second-order valence-electron chi connectivity index (χ2n) is 5.89. The summed E-state index contributed by atoms with van der Waals surface area (Å²) < 4.78 is 4.68. The van der Waals surface area contributed by atoms with E-state index in [-0.39, 0.29) is 11.4 Å². The maximum Gasteiger partial charge on any atom is 0.376 e. The minimum Gasteiger partial charge on any atom is -0.463 e. The number of anilines is 1. The number of rotatable bonds is 5. The Labute approximate surface area is 125 Å². The average Bonchev–Trinajstić information content (AvgIpc) is 2.94. The Morgan fingerprint density at radius 1 is 1.38 bits per heavy atom. The van der Waals surface area contributed by atoms with Crippen molar-refractivity contribution in [3.63, 3.8) is 0 Å². The molecule has 0 unspecified atom stereocenters. The second-order valence-corrected chi connectivity index (χ2v) is 5.89. The quantitative estimate of drug-likeness (QED) is 0.836. The maximum absolute atomic E-state index is 11.6. The van der Waals surface area contributed by atoms with Crippen LogP contribution >= 0.6 is 0 Å². The average molecular weight is 292 g/mol. The van der Waals surface area contributed by atoms with E-state index in [0.29, 0.717) is 5.82 Å². The number of nitrogens with one attached hydrogen (secondary N) is 1. The minimum atomic E-state index is -0.509. The summed E-state index contributed by atoms with van der Waals surface area (Å²) in [6.45, 7) is 2.66. The van der Waals surface area contributed by atoms with Crippen LogP contribution in [0.5, 0.6) is 0 Å². The van der Waals surface area contributed by atoms with Crippen LogP contribution in [0.25, 0.3) is 0 Å². The normalized spacial score (nSPS) is 17.0. The van der Waals surface area contributed by atoms with E-state index in [9.17, 15) is 4.79 Å². The minimum absolute atomic E-state index is 0.102. The number of aryl methyl sites for hydroxylation is 1. The van der Waals surface area contributed by atoms with E-state index in [1.165, 1.54) is 32.8 Å². The van der Waals surface area contributed by atoms with Crippen LogP contribution in [0.2, 0.25) is 0 Å². The zero-order valence-electron chi connectivity index (χ0n) is 13.3. The molecule has 1 saturated carbocycles. The van der Waals surface area contributed by atoms with Crippen molar-refractivity contribution in [3.05, 3.63) is 17.6 Å². The van der Waals surface area contributed by atoms with Gasteiger partial charge in [0.2, 0.25) is 5.82 Å². The third kappa shape index (κ3) is 3.50. The van der Waals surface area contributed by atoms with E-state index in [1.807, 2.05) is 13.0 Å². The highest BCUT2D eigenvalue weighted by Crippen LogP contribution is 2.33. The molecule has 0 aliphatic heterocycles. The molecule has 1 aromatic heterocycles. The Morgan fingerprint density at radius 2 is 2.05 bits per heavy atom. The molecule has 1 heterocycles. The number of carbonyl (C=O) groups is 1. The van der Waals surface area contributed by atoms with Crippen LogP contribution in [0.3, 0.4) is 0 Å². The zero-order chi connectivity index (χ0) is 15.5. The van der Waals surface area contributed by atoms with Gasteiger partial charge in [-0.15, -0.1) is 0 Å². The van der Waals surface area contributed by atoms with E-state index in [2.05, 4.69) is 39.0 Å². The summed E-state index contributed by atoms with van der Waals surface area (Å²) in [7, 11) is 5.58. The van der Waals surface area contributed by atoms with Crippen molar-refractivity contribution in [1.82, 2.24) is 14.9 Å². The molecule has 21 heavy (non-hydrogen) atoms. The molecule has 1 N–H and O–H groups in total. The molecule has 0 radical (unpaired) electrons. The summed E-state index contributed by atoms with van der Waals surface area (Å²) in [4.78, 5) is 22.2. The van der Waals surface area contributed by atoms with Gasteiger partial charge in [0.1, 0.15) is 5.82 Å². The standard InChI is InChI=1S/C15H24N4O2/c1-11-9-12(18-13(17-11)14(20)21-4)16-10-15(19(2)3)7-5-6-8-15/h9H,5-8,10H2,1-4H3,(H,16,17,18). The lowest BCUT2D eigenvalue weighted by atomic mass is 9.96. The van der Waals surface area contributed by atoms with E-state index in [4.69, 9.17) is 0 Å². The number of nitrogens with zero attached hydrogens (tertiary/aromatic N) is 3.